The zero-order valence-electron chi connectivity index (χ0n) is 47.9. The lowest BCUT2D eigenvalue weighted by Crippen LogP contribution is -2.30. The molecule has 0 spiro atoms. The minimum Gasteiger partial charge on any atom is -0.462 e. The third kappa shape index (κ3) is 59.1. The molecular formula is C67H114O6. The van der Waals surface area contributed by atoms with Crippen molar-refractivity contribution in [2.75, 3.05) is 13.2 Å². The molecule has 0 amide bonds. The third-order valence-electron chi connectivity index (χ3n) is 13.1. The smallest absolute Gasteiger partial charge is 0.306 e. The van der Waals surface area contributed by atoms with Gasteiger partial charge in [0.1, 0.15) is 13.2 Å². The van der Waals surface area contributed by atoms with Crippen LogP contribution in [0.15, 0.2) is 97.2 Å². The van der Waals surface area contributed by atoms with Gasteiger partial charge in [-0.15, -0.1) is 0 Å². The number of rotatable bonds is 55. The molecule has 0 aliphatic carbocycles. The monoisotopic (exact) mass is 1010 g/mol. The van der Waals surface area contributed by atoms with Crippen molar-refractivity contribution in [3.63, 3.8) is 0 Å². The highest BCUT2D eigenvalue weighted by Gasteiger charge is 2.19. The maximum absolute atomic E-state index is 12.8. The van der Waals surface area contributed by atoms with E-state index in [0.717, 1.165) is 116 Å². The van der Waals surface area contributed by atoms with Gasteiger partial charge in [0.05, 0.1) is 0 Å². The summed E-state index contributed by atoms with van der Waals surface area (Å²) in [6, 6.07) is 0. The summed E-state index contributed by atoms with van der Waals surface area (Å²) < 4.78 is 16.8. The molecule has 1 unspecified atom stereocenters. The van der Waals surface area contributed by atoms with Crippen LogP contribution in [-0.4, -0.2) is 37.2 Å². The van der Waals surface area contributed by atoms with E-state index in [9.17, 15) is 14.4 Å². The van der Waals surface area contributed by atoms with Crippen molar-refractivity contribution in [2.45, 2.75) is 297 Å². The van der Waals surface area contributed by atoms with Gasteiger partial charge in [-0.1, -0.05) is 285 Å². The normalized spacial score (nSPS) is 12.8. The molecule has 0 saturated carbocycles. The van der Waals surface area contributed by atoms with Crippen molar-refractivity contribution in [3.8, 4) is 0 Å². The van der Waals surface area contributed by atoms with E-state index < -0.39 is 6.10 Å². The van der Waals surface area contributed by atoms with Crippen molar-refractivity contribution in [1.82, 2.24) is 0 Å². The van der Waals surface area contributed by atoms with Crippen molar-refractivity contribution in [2.24, 2.45) is 0 Å². The maximum atomic E-state index is 12.8. The first-order valence-corrected chi connectivity index (χ1v) is 30.7. The zero-order chi connectivity index (χ0) is 52.9. The first kappa shape index (κ1) is 69.3. The van der Waals surface area contributed by atoms with Crippen LogP contribution < -0.4 is 0 Å². The Kier molecular flexibility index (Phi) is 57.8. The number of allylic oxidation sites excluding steroid dienone is 16. The van der Waals surface area contributed by atoms with Crippen LogP contribution in [0.25, 0.3) is 0 Å². The Labute approximate surface area is 451 Å². The summed E-state index contributed by atoms with van der Waals surface area (Å²) in [5.74, 6) is -0.887. The van der Waals surface area contributed by atoms with Crippen LogP contribution in [0.1, 0.15) is 290 Å². The summed E-state index contributed by atoms with van der Waals surface area (Å²) in [5, 5.41) is 0. The lowest BCUT2D eigenvalue weighted by atomic mass is 10.0. The molecule has 1 atom stereocenters. The van der Waals surface area contributed by atoms with E-state index in [-0.39, 0.29) is 31.1 Å². The van der Waals surface area contributed by atoms with Crippen molar-refractivity contribution < 1.29 is 28.6 Å². The van der Waals surface area contributed by atoms with Crippen LogP contribution >= 0.6 is 0 Å². The van der Waals surface area contributed by atoms with E-state index in [0.29, 0.717) is 19.3 Å². The van der Waals surface area contributed by atoms with Gasteiger partial charge in [-0.25, -0.2) is 0 Å². The van der Waals surface area contributed by atoms with Crippen molar-refractivity contribution in [3.05, 3.63) is 97.2 Å². The largest absolute Gasteiger partial charge is 0.462 e. The highest BCUT2D eigenvalue weighted by molar-refractivity contribution is 5.71. The van der Waals surface area contributed by atoms with E-state index in [1.165, 1.54) is 135 Å². The summed E-state index contributed by atoms with van der Waals surface area (Å²) in [4.78, 5) is 37.9. The molecule has 0 aliphatic rings. The van der Waals surface area contributed by atoms with Crippen LogP contribution in [0, 0.1) is 0 Å². The molecule has 0 saturated heterocycles. The predicted octanol–water partition coefficient (Wildman–Crippen LogP) is 20.9. The van der Waals surface area contributed by atoms with Crippen molar-refractivity contribution in [1.29, 1.82) is 0 Å². The van der Waals surface area contributed by atoms with Crippen LogP contribution in [0.4, 0.5) is 0 Å². The molecule has 0 aromatic rings. The van der Waals surface area contributed by atoms with E-state index >= 15 is 0 Å². The number of esters is 3. The molecule has 73 heavy (non-hydrogen) atoms. The highest BCUT2D eigenvalue weighted by atomic mass is 16.6. The van der Waals surface area contributed by atoms with E-state index in [1.54, 1.807) is 0 Å². The molecule has 6 heteroatoms. The molecule has 0 aromatic carbocycles. The topological polar surface area (TPSA) is 78.9 Å². The Bertz CT molecular complexity index is 1440. The molecule has 0 aliphatic heterocycles. The standard InChI is InChI=1S/C67H114O6/c1-4-7-10-13-16-18-20-22-24-26-27-28-29-30-31-32-33-34-35-36-37-38-39-40-41-42-44-45-47-49-51-54-57-60-66(69)72-63-64(62-71-65(68)59-56-53-15-12-9-6-3)73-67(70)61-58-55-52-50-48-46-43-25-23-21-19-17-14-11-8-5-2/h7,10,16,18,22,24,27-28,30-31,33-34,36-37,39-40,64H,4-6,8-9,11-15,17,19-21,23,25-26,29,32,35,38,41-63H2,1-3H3/b10-7-,18-16-,24-22-,28-27-,31-30-,34-33-,37-36-,40-39-. The van der Waals surface area contributed by atoms with Crippen LogP contribution in [0.3, 0.4) is 0 Å². The number of hydrogen-bond acceptors (Lipinski definition) is 6. The van der Waals surface area contributed by atoms with Gasteiger partial charge in [0.15, 0.2) is 6.10 Å². The first-order chi connectivity index (χ1) is 36.0. The second kappa shape index (κ2) is 60.9. The predicted molar refractivity (Wildman–Crippen MR) is 316 cm³/mol. The minimum atomic E-state index is -0.775. The van der Waals surface area contributed by atoms with Crippen LogP contribution in [-0.2, 0) is 28.6 Å². The zero-order valence-corrected chi connectivity index (χ0v) is 47.9. The second-order valence-electron chi connectivity index (χ2n) is 20.2. The van der Waals surface area contributed by atoms with Gasteiger partial charge in [-0.3, -0.25) is 14.4 Å². The Morgan fingerprint density at radius 3 is 0.836 bits per heavy atom. The molecule has 0 fully saturated rings. The van der Waals surface area contributed by atoms with Gasteiger partial charge in [-0.2, -0.15) is 0 Å². The quantitative estimate of drug-likeness (QED) is 0.0261. The molecule has 0 heterocycles. The Balaban J connectivity index is 4.09. The van der Waals surface area contributed by atoms with E-state index in [1.807, 2.05) is 0 Å². The summed E-state index contributed by atoms with van der Waals surface area (Å²) in [7, 11) is 0. The van der Waals surface area contributed by atoms with Gasteiger partial charge in [0.2, 0.25) is 0 Å². The minimum absolute atomic E-state index is 0.0768. The summed E-state index contributed by atoms with van der Waals surface area (Å²) in [6.07, 6.45) is 81.6. The first-order valence-electron chi connectivity index (χ1n) is 30.7. The molecule has 0 radical (unpaired) electrons. The molecule has 0 bridgehead atoms. The lowest BCUT2D eigenvalue weighted by molar-refractivity contribution is -0.167. The van der Waals surface area contributed by atoms with Gasteiger partial charge in [-0.05, 0) is 83.5 Å². The Morgan fingerprint density at radius 1 is 0.288 bits per heavy atom. The fourth-order valence-corrected chi connectivity index (χ4v) is 8.52. The fourth-order valence-electron chi connectivity index (χ4n) is 8.52. The molecule has 0 aromatic heterocycles. The Morgan fingerprint density at radius 2 is 0.534 bits per heavy atom. The summed E-state index contributed by atoms with van der Waals surface area (Å²) >= 11 is 0. The number of hydrogen-bond donors (Lipinski definition) is 0. The number of unbranched alkanes of at least 4 members (excludes halogenated alkanes) is 28. The van der Waals surface area contributed by atoms with Crippen molar-refractivity contribution >= 4 is 17.9 Å². The van der Waals surface area contributed by atoms with Gasteiger partial charge < -0.3 is 14.2 Å². The molecule has 6 nitrogen and oxygen atoms in total. The molecule has 0 N–H and O–H groups in total. The van der Waals surface area contributed by atoms with E-state index in [4.69, 9.17) is 14.2 Å². The van der Waals surface area contributed by atoms with Gasteiger partial charge in [0, 0.05) is 19.3 Å². The van der Waals surface area contributed by atoms with Gasteiger partial charge >= 0.3 is 17.9 Å². The molecule has 418 valence electrons. The number of carbonyl (C=O) groups is 3. The average molecular weight is 1020 g/mol. The molecular weight excluding hydrogens is 901 g/mol. The third-order valence-corrected chi connectivity index (χ3v) is 13.1. The van der Waals surface area contributed by atoms with Crippen LogP contribution in [0.5, 0.6) is 0 Å². The second-order valence-corrected chi connectivity index (χ2v) is 20.2. The van der Waals surface area contributed by atoms with Crippen LogP contribution in [0.2, 0.25) is 0 Å². The average Bonchev–Trinajstić information content (AvgIpc) is 3.39. The summed E-state index contributed by atoms with van der Waals surface area (Å²) in [5.41, 5.74) is 0. The van der Waals surface area contributed by atoms with Gasteiger partial charge in [0.25, 0.3) is 0 Å². The highest BCUT2D eigenvalue weighted by Crippen LogP contribution is 2.16. The molecule has 0 rings (SSSR count). The SMILES string of the molecule is CC/C=C\C/C=C\C/C=C\C/C=C\C/C=C\C/C=C\C/C=C\C/C=C\CCCCCCCCCCC(=O)OCC(COC(=O)CCCCCCCC)OC(=O)CCCCCCCCCCCCCCCCCC. The van der Waals surface area contributed by atoms with E-state index in [2.05, 4.69) is 118 Å². The number of ether oxygens (including phenoxy) is 3. The maximum Gasteiger partial charge on any atom is 0.306 e. The summed E-state index contributed by atoms with van der Waals surface area (Å²) in [6.45, 7) is 6.48. The fraction of sp³-hybridized carbons (Fsp3) is 0.716. The Hall–Kier alpha value is -3.67. The lowest BCUT2D eigenvalue weighted by Gasteiger charge is -2.18. The number of carbonyl (C=O) groups excluding carboxylic acids is 3.